The Balaban J connectivity index is 2.43. The number of amides is 1. The number of carboxylic acid groups (broad SMARTS) is 1. The van der Waals surface area contributed by atoms with E-state index in [0.717, 1.165) is 0 Å². The minimum absolute atomic E-state index is 0.00486. The number of hydrogen-bond acceptors (Lipinski definition) is 3. The maximum absolute atomic E-state index is 10.3. The number of aliphatic hydroxyl groups is 1. The van der Waals surface area contributed by atoms with E-state index in [1.807, 2.05) is 6.92 Å². The van der Waals surface area contributed by atoms with Crippen LogP contribution in [0.15, 0.2) is 0 Å². The third-order valence-corrected chi connectivity index (χ3v) is 1.91. The number of rotatable bonds is 1. The highest BCUT2D eigenvalue weighted by molar-refractivity contribution is 5.64. The number of hydrogen-bond donors (Lipinski definition) is 3. The van der Waals surface area contributed by atoms with Gasteiger partial charge >= 0.3 is 6.09 Å². The first-order valence-electron chi connectivity index (χ1n) is 3.88. The Morgan fingerprint density at radius 2 is 2.33 bits per heavy atom. The summed E-state index contributed by atoms with van der Waals surface area (Å²) in [6.45, 7) is 2.05. The summed E-state index contributed by atoms with van der Waals surface area (Å²) in [5.74, 6) is 0. The third-order valence-electron chi connectivity index (χ3n) is 1.91. The maximum Gasteiger partial charge on any atom is 0.404 e. The fourth-order valence-corrected chi connectivity index (χ4v) is 1.28. The van der Waals surface area contributed by atoms with Gasteiger partial charge in [0.2, 0.25) is 0 Å². The Kier molecular flexibility index (Phi) is 2.88. The number of carbonyl (C=O) groups is 1. The van der Waals surface area contributed by atoms with E-state index in [9.17, 15) is 9.90 Å². The Hall–Kier alpha value is -0.810. The monoisotopic (exact) mass is 175 g/mol. The first kappa shape index (κ1) is 9.28. The minimum atomic E-state index is -1.10. The van der Waals surface area contributed by atoms with Crippen molar-refractivity contribution >= 4 is 6.09 Å². The van der Waals surface area contributed by atoms with Crippen LogP contribution in [0.2, 0.25) is 0 Å². The SMILES string of the molecule is C[C@H]1C[C@H](NC(=O)O)[C@@H](O)CO1. The number of aliphatic hydroxyl groups excluding tert-OH is 1. The second-order valence-electron chi connectivity index (χ2n) is 3.00. The molecule has 0 aromatic carbocycles. The van der Waals surface area contributed by atoms with E-state index in [-0.39, 0.29) is 12.7 Å². The third kappa shape index (κ3) is 2.35. The quantitative estimate of drug-likeness (QED) is 0.515. The van der Waals surface area contributed by atoms with Gasteiger partial charge in [-0.05, 0) is 13.3 Å². The van der Waals surface area contributed by atoms with Crippen molar-refractivity contribution in [1.29, 1.82) is 0 Å². The highest BCUT2D eigenvalue weighted by Gasteiger charge is 2.28. The molecule has 12 heavy (non-hydrogen) atoms. The lowest BCUT2D eigenvalue weighted by atomic mass is 10.0. The number of nitrogens with one attached hydrogen (secondary N) is 1. The zero-order chi connectivity index (χ0) is 9.14. The van der Waals surface area contributed by atoms with Gasteiger partial charge in [-0.1, -0.05) is 0 Å². The van der Waals surface area contributed by atoms with Crippen molar-refractivity contribution in [2.45, 2.75) is 31.6 Å². The molecule has 3 N–H and O–H groups in total. The van der Waals surface area contributed by atoms with Crippen molar-refractivity contribution in [3.63, 3.8) is 0 Å². The largest absolute Gasteiger partial charge is 0.465 e. The maximum atomic E-state index is 10.3. The summed E-state index contributed by atoms with van der Waals surface area (Å²) in [7, 11) is 0. The van der Waals surface area contributed by atoms with Crippen LogP contribution >= 0.6 is 0 Å². The van der Waals surface area contributed by atoms with Crippen molar-refractivity contribution in [3.05, 3.63) is 0 Å². The molecule has 0 spiro atoms. The molecule has 1 saturated heterocycles. The van der Waals surface area contributed by atoms with E-state index >= 15 is 0 Å². The zero-order valence-corrected chi connectivity index (χ0v) is 6.86. The molecule has 0 aromatic rings. The highest BCUT2D eigenvalue weighted by atomic mass is 16.5. The summed E-state index contributed by atoms with van der Waals surface area (Å²) < 4.78 is 5.12. The van der Waals surface area contributed by atoms with Crippen LogP contribution in [0.5, 0.6) is 0 Å². The second kappa shape index (κ2) is 3.73. The van der Waals surface area contributed by atoms with Gasteiger partial charge in [-0.15, -0.1) is 0 Å². The molecule has 0 saturated carbocycles. The van der Waals surface area contributed by atoms with Crippen LogP contribution in [0.1, 0.15) is 13.3 Å². The Bertz CT molecular complexity index is 173. The van der Waals surface area contributed by atoms with Gasteiger partial charge in [0.25, 0.3) is 0 Å². The Morgan fingerprint density at radius 1 is 1.67 bits per heavy atom. The average molecular weight is 175 g/mol. The molecule has 0 aliphatic carbocycles. The summed E-state index contributed by atoms with van der Waals surface area (Å²) in [5.41, 5.74) is 0. The summed E-state index contributed by atoms with van der Waals surface area (Å²) in [6.07, 6.45) is -1.30. The normalized spacial score (nSPS) is 36.0. The van der Waals surface area contributed by atoms with E-state index in [1.165, 1.54) is 0 Å². The van der Waals surface area contributed by atoms with Crippen LogP contribution in [0, 0.1) is 0 Å². The molecule has 5 heteroatoms. The van der Waals surface area contributed by atoms with Crippen LogP contribution in [0.3, 0.4) is 0 Å². The molecule has 1 heterocycles. The van der Waals surface area contributed by atoms with E-state index < -0.39 is 18.2 Å². The van der Waals surface area contributed by atoms with Gasteiger partial charge in [0.1, 0.15) is 0 Å². The molecule has 1 aliphatic rings. The van der Waals surface area contributed by atoms with Gasteiger partial charge in [-0.25, -0.2) is 4.79 Å². The van der Waals surface area contributed by atoms with E-state index in [0.29, 0.717) is 6.42 Å². The summed E-state index contributed by atoms with van der Waals surface area (Å²) in [6, 6.07) is -0.397. The summed E-state index contributed by atoms with van der Waals surface area (Å²) in [5, 5.41) is 19.9. The van der Waals surface area contributed by atoms with Crippen LogP contribution in [-0.4, -0.2) is 41.2 Å². The molecular weight excluding hydrogens is 162 g/mol. The molecule has 0 aromatic heterocycles. The summed E-state index contributed by atoms with van der Waals surface area (Å²) in [4.78, 5) is 10.3. The molecule has 1 aliphatic heterocycles. The lowest BCUT2D eigenvalue weighted by molar-refractivity contribution is -0.0647. The van der Waals surface area contributed by atoms with Gasteiger partial charge in [0, 0.05) is 0 Å². The molecule has 5 nitrogen and oxygen atoms in total. The van der Waals surface area contributed by atoms with Crippen molar-refractivity contribution in [2.75, 3.05) is 6.61 Å². The Morgan fingerprint density at radius 3 is 2.92 bits per heavy atom. The van der Waals surface area contributed by atoms with Crippen LogP contribution in [0.4, 0.5) is 4.79 Å². The van der Waals surface area contributed by atoms with Crippen molar-refractivity contribution in [2.24, 2.45) is 0 Å². The summed E-state index contributed by atoms with van der Waals surface area (Å²) >= 11 is 0. The van der Waals surface area contributed by atoms with Crippen molar-refractivity contribution in [1.82, 2.24) is 5.32 Å². The molecule has 1 amide bonds. The predicted molar refractivity (Wildman–Crippen MR) is 41.0 cm³/mol. The second-order valence-corrected chi connectivity index (χ2v) is 3.00. The average Bonchev–Trinajstić information content (AvgIpc) is 1.96. The molecule has 0 radical (unpaired) electrons. The first-order chi connectivity index (χ1) is 5.59. The topological polar surface area (TPSA) is 78.8 Å². The fraction of sp³-hybridized carbons (Fsp3) is 0.857. The van der Waals surface area contributed by atoms with E-state index in [4.69, 9.17) is 9.84 Å². The molecule has 1 rings (SSSR count). The molecule has 0 unspecified atom stereocenters. The van der Waals surface area contributed by atoms with Gasteiger partial charge in [0.05, 0.1) is 24.9 Å². The van der Waals surface area contributed by atoms with Gasteiger partial charge in [-0.3, -0.25) is 0 Å². The smallest absolute Gasteiger partial charge is 0.404 e. The minimum Gasteiger partial charge on any atom is -0.465 e. The molecule has 0 bridgehead atoms. The van der Waals surface area contributed by atoms with Gasteiger partial charge in [-0.2, -0.15) is 0 Å². The Labute approximate surface area is 70.3 Å². The zero-order valence-electron chi connectivity index (χ0n) is 6.86. The fourth-order valence-electron chi connectivity index (χ4n) is 1.28. The molecule has 70 valence electrons. The predicted octanol–water partition coefficient (Wildman–Crippen LogP) is -0.208. The lowest BCUT2D eigenvalue weighted by Crippen LogP contribution is -2.50. The van der Waals surface area contributed by atoms with Crippen LogP contribution < -0.4 is 5.32 Å². The first-order valence-corrected chi connectivity index (χ1v) is 3.88. The van der Waals surface area contributed by atoms with Crippen LogP contribution in [-0.2, 0) is 4.74 Å². The molecular formula is C7H13NO4. The molecule has 3 atom stereocenters. The van der Waals surface area contributed by atoms with Gasteiger partial charge in [0.15, 0.2) is 0 Å². The molecule has 1 fully saturated rings. The van der Waals surface area contributed by atoms with Crippen molar-refractivity contribution in [3.8, 4) is 0 Å². The van der Waals surface area contributed by atoms with E-state index in [1.54, 1.807) is 0 Å². The van der Waals surface area contributed by atoms with Crippen molar-refractivity contribution < 1.29 is 19.7 Å². The standard InChI is InChI=1S/C7H13NO4/c1-4-2-5(8-7(10)11)6(9)3-12-4/h4-6,8-9H,2-3H2,1H3,(H,10,11)/t4-,5-,6-/m0/s1. The van der Waals surface area contributed by atoms with Gasteiger partial charge < -0.3 is 20.3 Å². The lowest BCUT2D eigenvalue weighted by Gasteiger charge is -2.31. The highest BCUT2D eigenvalue weighted by Crippen LogP contribution is 2.13. The number of ether oxygens (including phenoxy) is 1. The van der Waals surface area contributed by atoms with Crippen LogP contribution in [0.25, 0.3) is 0 Å². The van der Waals surface area contributed by atoms with E-state index in [2.05, 4.69) is 5.32 Å².